The Bertz CT molecular complexity index is 819. The lowest BCUT2D eigenvalue weighted by Crippen LogP contribution is -2.01. The highest BCUT2D eigenvalue weighted by Gasteiger charge is 2.13. The molecule has 0 N–H and O–H groups in total. The van der Waals surface area contributed by atoms with E-state index in [1.54, 1.807) is 16.7 Å². The molecule has 6 nitrogen and oxygen atoms in total. The van der Waals surface area contributed by atoms with Crippen LogP contribution >= 0.6 is 35.0 Å². The van der Waals surface area contributed by atoms with Crippen LogP contribution in [0, 0.1) is 0 Å². The van der Waals surface area contributed by atoms with Crippen molar-refractivity contribution in [2.45, 2.75) is 11.8 Å². The number of halogens is 2. The molecule has 0 aliphatic heterocycles. The maximum Gasteiger partial charge on any atom is 0.277 e. The molecule has 0 radical (unpaired) electrons. The van der Waals surface area contributed by atoms with Gasteiger partial charge in [0.2, 0.25) is 5.89 Å². The summed E-state index contributed by atoms with van der Waals surface area (Å²) in [5.74, 6) is 0.582. The number of imidazole rings is 1. The van der Waals surface area contributed by atoms with E-state index >= 15 is 0 Å². The lowest BCUT2D eigenvalue weighted by Gasteiger charge is -1.99. The van der Waals surface area contributed by atoms with Crippen LogP contribution in [0.4, 0.5) is 0 Å². The van der Waals surface area contributed by atoms with Crippen molar-refractivity contribution in [3.8, 4) is 0 Å². The summed E-state index contributed by atoms with van der Waals surface area (Å²) in [6.07, 6.45) is 1.49. The molecule has 0 aliphatic rings. The molecule has 0 saturated heterocycles. The van der Waals surface area contributed by atoms with Crippen molar-refractivity contribution in [1.82, 2.24) is 19.7 Å². The Labute approximate surface area is 145 Å². The van der Waals surface area contributed by atoms with E-state index in [4.69, 9.17) is 27.6 Å². The summed E-state index contributed by atoms with van der Waals surface area (Å²) in [5.41, 5.74) is 0.652. The van der Waals surface area contributed by atoms with Gasteiger partial charge in [0.15, 0.2) is 10.9 Å². The molecule has 3 rings (SSSR count). The van der Waals surface area contributed by atoms with Crippen molar-refractivity contribution in [3.63, 3.8) is 0 Å². The number of nitrogens with zero attached hydrogens (tertiary/aromatic N) is 4. The summed E-state index contributed by atoms with van der Waals surface area (Å²) in [6.45, 7) is 0.263. The SMILES string of the molecule is O=C(CSc1nnc(Cn2cnc(Cl)c2Cl)o1)c1ccccc1. The zero-order valence-corrected chi connectivity index (χ0v) is 14.0. The summed E-state index contributed by atoms with van der Waals surface area (Å²) in [7, 11) is 0. The van der Waals surface area contributed by atoms with Gasteiger partial charge < -0.3 is 8.98 Å². The molecule has 0 fully saturated rings. The molecule has 3 aromatic rings. The molecule has 0 aliphatic carbocycles. The predicted molar refractivity (Wildman–Crippen MR) is 87.1 cm³/mol. The van der Waals surface area contributed by atoms with Gasteiger partial charge in [0.05, 0.1) is 12.1 Å². The fourth-order valence-corrected chi connectivity index (χ4v) is 2.77. The van der Waals surface area contributed by atoms with E-state index < -0.39 is 0 Å². The van der Waals surface area contributed by atoms with Gasteiger partial charge in [-0.2, -0.15) is 0 Å². The lowest BCUT2D eigenvalue weighted by atomic mass is 10.2. The van der Waals surface area contributed by atoms with Crippen LogP contribution in [0.2, 0.25) is 10.3 Å². The number of thioether (sulfide) groups is 1. The number of rotatable bonds is 6. The average molecular weight is 369 g/mol. The van der Waals surface area contributed by atoms with Crippen molar-refractivity contribution >= 4 is 40.7 Å². The second-order valence-electron chi connectivity index (χ2n) is 4.49. The van der Waals surface area contributed by atoms with Crippen LogP contribution in [0.1, 0.15) is 16.2 Å². The molecule has 0 bridgehead atoms. The molecule has 0 amide bonds. The summed E-state index contributed by atoms with van der Waals surface area (Å²) in [5, 5.41) is 8.66. The van der Waals surface area contributed by atoms with Crippen molar-refractivity contribution in [3.05, 3.63) is 58.4 Å². The number of hydrogen-bond acceptors (Lipinski definition) is 6. The van der Waals surface area contributed by atoms with Crippen LogP contribution in [-0.4, -0.2) is 31.3 Å². The Morgan fingerprint density at radius 2 is 2.00 bits per heavy atom. The van der Waals surface area contributed by atoms with E-state index in [9.17, 15) is 4.79 Å². The third kappa shape index (κ3) is 3.93. The highest BCUT2D eigenvalue weighted by molar-refractivity contribution is 7.99. The Morgan fingerprint density at radius 3 is 2.70 bits per heavy atom. The Morgan fingerprint density at radius 1 is 1.22 bits per heavy atom. The van der Waals surface area contributed by atoms with Crippen LogP contribution in [0.3, 0.4) is 0 Å². The smallest absolute Gasteiger partial charge is 0.277 e. The molecule has 9 heteroatoms. The number of hydrogen-bond donors (Lipinski definition) is 0. The van der Waals surface area contributed by atoms with Gasteiger partial charge in [0.25, 0.3) is 5.22 Å². The molecule has 23 heavy (non-hydrogen) atoms. The molecule has 2 heterocycles. The van der Waals surface area contributed by atoms with E-state index in [0.717, 1.165) is 0 Å². The zero-order valence-electron chi connectivity index (χ0n) is 11.6. The highest BCUT2D eigenvalue weighted by Crippen LogP contribution is 2.22. The maximum absolute atomic E-state index is 12.0. The van der Waals surface area contributed by atoms with Gasteiger partial charge in [-0.05, 0) is 0 Å². The van der Waals surface area contributed by atoms with Crippen LogP contribution < -0.4 is 0 Å². The van der Waals surface area contributed by atoms with Gasteiger partial charge in [0, 0.05) is 5.56 Å². The van der Waals surface area contributed by atoms with Gasteiger partial charge in [0.1, 0.15) is 11.7 Å². The molecule has 2 aromatic heterocycles. The fourth-order valence-electron chi connectivity index (χ4n) is 1.79. The second kappa shape index (κ2) is 7.16. The zero-order chi connectivity index (χ0) is 16.2. The van der Waals surface area contributed by atoms with Crippen LogP contribution in [0.15, 0.2) is 46.3 Å². The number of carbonyl (C=O) groups excluding carboxylic acids is 1. The van der Waals surface area contributed by atoms with E-state index in [0.29, 0.717) is 21.8 Å². The normalized spacial score (nSPS) is 10.9. The van der Waals surface area contributed by atoms with Crippen molar-refractivity contribution < 1.29 is 9.21 Å². The molecular formula is C14H10Cl2N4O2S. The monoisotopic (exact) mass is 368 g/mol. The lowest BCUT2D eigenvalue weighted by molar-refractivity contribution is 0.102. The number of benzene rings is 1. The van der Waals surface area contributed by atoms with Gasteiger partial charge in [-0.3, -0.25) is 4.79 Å². The largest absolute Gasteiger partial charge is 0.414 e. The number of Topliss-reactive ketones (excluding diaryl/α,β-unsaturated/α-hetero) is 1. The maximum atomic E-state index is 12.0. The predicted octanol–water partition coefficient (Wildman–Crippen LogP) is 3.60. The first-order chi connectivity index (χ1) is 11.1. The average Bonchev–Trinajstić information content (AvgIpc) is 3.15. The minimum atomic E-state index is -0.000198. The van der Waals surface area contributed by atoms with Crippen molar-refractivity contribution in [1.29, 1.82) is 0 Å². The summed E-state index contributed by atoms with van der Waals surface area (Å²) < 4.78 is 7.06. The van der Waals surface area contributed by atoms with Crippen LogP contribution in [0.5, 0.6) is 0 Å². The van der Waals surface area contributed by atoms with E-state index in [1.807, 2.05) is 18.2 Å². The molecule has 1 aromatic carbocycles. The number of ketones is 1. The molecule has 118 valence electrons. The van der Waals surface area contributed by atoms with Crippen molar-refractivity contribution in [2.75, 3.05) is 5.75 Å². The van der Waals surface area contributed by atoms with Crippen LogP contribution in [-0.2, 0) is 6.54 Å². The first-order valence-corrected chi connectivity index (χ1v) is 8.27. The third-order valence-electron chi connectivity index (χ3n) is 2.91. The molecule has 0 saturated carbocycles. The first kappa shape index (κ1) is 16.0. The van der Waals surface area contributed by atoms with Gasteiger partial charge in [-0.25, -0.2) is 4.98 Å². The first-order valence-electron chi connectivity index (χ1n) is 6.53. The van der Waals surface area contributed by atoms with Crippen LogP contribution in [0.25, 0.3) is 0 Å². The minimum absolute atomic E-state index is 0.000198. The summed E-state index contributed by atoms with van der Waals surface area (Å²) >= 11 is 12.9. The standard InChI is InChI=1S/C14H10Cl2N4O2S/c15-12-13(16)20(8-17-12)6-11-18-19-14(22-11)23-7-10(21)9-4-2-1-3-5-9/h1-5,8H,6-7H2. The van der Waals surface area contributed by atoms with Gasteiger partial charge >= 0.3 is 0 Å². The Hall–Kier alpha value is -1.83. The molecule has 0 unspecified atom stereocenters. The highest BCUT2D eigenvalue weighted by atomic mass is 35.5. The Balaban J connectivity index is 1.59. The molecule has 0 atom stereocenters. The van der Waals surface area contributed by atoms with E-state index in [2.05, 4.69) is 15.2 Å². The number of carbonyl (C=O) groups is 1. The van der Waals surface area contributed by atoms with Gasteiger partial charge in [-0.15, -0.1) is 10.2 Å². The van der Waals surface area contributed by atoms with E-state index in [-0.39, 0.29) is 23.2 Å². The summed E-state index contributed by atoms with van der Waals surface area (Å²) in [6, 6.07) is 9.05. The Kier molecular flexibility index (Phi) is 5.00. The topological polar surface area (TPSA) is 73.8 Å². The van der Waals surface area contributed by atoms with Crippen molar-refractivity contribution in [2.24, 2.45) is 0 Å². The second-order valence-corrected chi connectivity index (χ2v) is 6.14. The molecule has 0 spiro atoms. The summed E-state index contributed by atoms with van der Waals surface area (Å²) in [4.78, 5) is 15.9. The quantitative estimate of drug-likeness (QED) is 0.488. The fraction of sp³-hybridized carbons (Fsp3) is 0.143. The van der Waals surface area contributed by atoms with E-state index in [1.165, 1.54) is 18.1 Å². The number of aromatic nitrogens is 4. The minimum Gasteiger partial charge on any atom is -0.414 e. The van der Waals surface area contributed by atoms with Gasteiger partial charge in [-0.1, -0.05) is 65.3 Å². The molecular weight excluding hydrogens is 359 g/mol. The third-order valence-corrected chi connectivity index (χ3v) is 4.50.